The van der Waals surface area contributed by atoms with Gasteiger partial charge in [-0.1, -0.05) is 18.2 Å². The van der Waals surface area contributed by atoms with Crippen molar-refractivity contribution in [1.82, 2.24) is 4.72 Å². The molecule has 0 unspecified atom stereocenters. The summed E-state index contributed by atoms with van der Waals surface area (Å²) in [5.74, 6) is -0.277. The Morgan fingerprint density at radius 3 is 2.36 bits per heavy atom. The Balaban J connectivity index is 1.68. The van der Waals surface area contributed by atoms with Crippen molar-refractivity contribution in [2.45, 2.75) is 23.6 Å². The molecule has 0 spiro atoms. The first kappa shape index (κ1) is 17.6. The normalized spacial score (nSPS) is 20.4. The number of carbonyl (C=O) groups is 1. The number of aliphatic hydroxyl groups is 1. The first-order valence-electron chi connectivity index (χ1n) is 7.74. The average molecular weight is 362 g/mol. The Hall–Kier alpha value is -2.26. The summed E-state index contributed by atoms with van der Waals surface area (Å²) in [6.07, 6.45) is -0.731. The maximum atomic E-state index is 12.3. The first-order valence-corrected chi connectivity index (χ1v) is 9.22. The predicted molar refractivity (Wildman–Crippen MR) is 91.5 cm³/mol. The average Bonchev–Trinajstić information content (AvgIpc) is 3.00. The number of sulfonamides is 1. The number of benzene rings is 2. The molecule has 132 valence electrons. The smallest absolute Gasteiger partial charge is 0.255 e. The molecule has 1 saturated heterocycles. The minimum atomic E-state index is -3.78. The lowest BCUT2D eigenvalue weighted by molar-refractivity contribution is -0.0686. The number of carbonyl (C=O) groups excluding carboxylic acids is 1. The van der Waals surface area contributed by atoms with E-state index in [4.69, 9.17) is 4.74 Å². The highest BCUT2D eigenvalue weighted by molar-refractivity contribution is 7.89. The van der Waals surface area contributed by atoms with Crippen LogP contribution in [0.15, 0.2) is 59.5 Å². The summed E-state index contributed by atoms with van der Waals surface area (Å²) in [4.78, 5) is 12.1. The molecule has 3 N–H and O–H groups in total. The highest BCUT2D eigenvalue weighted by atomic mass is 32.2. The Bertz CT molecular complexity index is 837. The van der Waals surface area contributed by atoms with Crippen LogP contribution in [0, 0.1) is 0 Å². The Morgan fingerprint density at radius 2 is 1.76 bits per heavy atom. The van der Waals surface area contributed by atoms with Crippen LogP contribution in [-0.2, 0) is 14.8 Å². The molecule has 2 atom stereocenters. The van der Waals surface area contributed by atoms with Crippen molar-refractivity contribution in [3.05, 3.63) is 60.2 Å². The van der Waals surface area contributed by atoms with Gasteiger partial charge in [-0.2, -0.15) is 0 Å². The van der Waals surface area contributed by atoms with Crippen LogP contribution in [0.5, 0.6) is 0 Å². The van der Waals surface area contributed by atoms with E-state index in [-0.39, 0.29) is 10.8 Å². The summed E-state index contributed by atoms with van der Waals surface area (Å²) >= 11 is 0. The molecule has 0 radical (unpaired) electrons. The monoisotopic (exact) mass is 362 g/mol. The third-order valence-corrected chi connectivity index (χ3v) is 5.33. The first-order chi connectivity index (χ1) is 12.0. The third-order valence-electron chi connectivity index (χ3n) is 3.83. The molecule has 1 heterocycles. The van der Waals surface area contributed by atoms with Crippen LogP contribution in [-0.4, -0.2) is 38.4 Å². The maximum Gasteiger partial charge on any atom is 0.255 e. The van der Waals surface area contributed by atoms with E-state index in [2.05, 4.69) is 10.0 Å². The number of rotatable bonds is 5. The van der Waals surface area contributed by atoms with E-state index in [1.165, 1.54) is 24.3 Å². The van der Waals surface area contributed by atoms with Gasteiger partial charge in [0.05, 0.1) is 17.5 Å². The molecule has 1 aliphatic heterocycles. The molecule has 0 saturated carbocycles. The number of aliphatic hydroxyl groups excluding tert-OH is 1. The van der Waals surface area contributed by atoms with Crippen LogP contribution in [0.1, 0.15) is 16.8 Å². The highest BCUT2D eigenvalue weighted by Gasteiger charge is 2.30. The standard InChI is InChI=1S/C17H18N2O5S/c20-16(12-4-2-1-3-5-12)18-13-6-8-14(9-7-13)25(22,23)19-15-10-11-24-17(15)21/h1-9,15,17,19,21H,10-11H2,(H,18,20)/t15-,17-/m0/s1. The summed E-state index contributed by atoms with van der Waals surface area (Å²) < 4.78 is 32.0. The van der Waals surface area contributed by atoms with Crippen LogP contribution in [0.3, 0.4) is 0 Å². The van der Waals surface area contributed by atoms with Gasteiger partial charge in [0.15, 0.2) is 6.29 Å². The van der Waals surface area contributed by atoms with Crippen LogP contribution >= 0.6 is 0 Å². The second kappa shape index (κ2) is 7.32. The summed E-state index contributed by atoms with van der Waals surface area (Å²) in [7, 11) is -3.78. The van der Waals surface area contributed by atoms with E-state index in [1.807, 2.05) is 6.07 Å². The zero-order valence-corrected chi connectivity index (χ0v) is 14.1. The second-order valence-corrected chi connectivity index (χ2v) is 7.34. The van der Waals surface area contributed by atoms with Crippen molar-refractivity contribution < 1.29 is 23.1 Å². The molecule has 3 rings (SSSR count). The molecule has 0 bridgehead atoms. The SMILES string of the molecule is O=C(Nc1ccc(S(=O)(=O)N[C@H]2CCO[C@@H]2O)cc1)c1ccccc1. The lowest BCUT2D eigenvalue weighted by atomic mass is 10.2. The molecule has 7 nitrogen and oxygen atoms in total. The maximum absolute atomic E-state index is 12.3. The second-order valence-electron chi connectivity index (χ2n) is 5.62. The Kier molecular flexibility index (Phi) is 5.14. The van der Waals surface area contributed by atoms with Crippen molar-refractivity contribution in [1.29, 1.82) is 0 Å². The van der Waals surface area contributed by atoms with Crippen LogP contribution in [0.2, 0.25) is 0 Å². The zero-order chi connectivity index (χ0) is 17.9. The number of amides is 1. The van der Waals surface area contributed by atoms with E-state index >= 15 is 0 Å². The Morgan fingerprint density at radius 1 is 1.08 bits per heavy atom. The minimum absolute atomic E-state index is 0.0457. The Labute approximate surface area is 145 Å². The number of anilines is 1. The van der Waals surface area contributed by atoms with Gasteiger partial charge < -0.3 is 15.2 Å². The van der Waals surface area contributed by atoms with Gasteiger partial charge in [0.25, 0.3) is 5.91 Å². The molecule has 1 fully saturated rings. The topological polar surface area (TPSA) is 105 Å². The minimum Gasteiger partial charge on any atom is -0.367 e. The summed E-state index contributed by atoms with van der Waals surface area (Å²) in [6, 6.07) is 13.9. The number of ether oxygens (including phenoxy) is 1. The number of nitrogens with one attached hydrogen (secondary N) is 2. The number of hydrogen-bond donors (Lipinski definition) is 3. The van der Waals surface area contributed by atoms with Gasteiger partial charge in [-0.25, -0.2) is 13.1 Å². The van der Waals surface area contributed by atoms with Gasteiger partial charge in [0.1, 0.15) is 0 Å². The van der Waals surface area contributed by atoms with Crippen molar-refractivity contribution in [2.24, 2.45) is 0 Å². The summed E-state index contributed by atoms with van der Waals surface area (Å²) in [5, 5.41) is 12.3. The summed E-state index contributed by atoms with van der Waals surface area (Å²) in [6.45, 7) is 0.304. The van der Waals surface area contributed by atoms with Crippen LogP contribution < -0.4 is 10.0 Å². The molecule has 0 aromatic heterocycles. The largest absolute Gasteiger partial charge is 0.367 e. The van der Waals surface area contributed by atoms with E-state index in [9.17, 15) is 18.3 Å². The van der Waals surface area contributed by atoms with E-state index in [0.29, 0.717) is 24.3 Å². The molecule has 1 aliphatic rings. The third kappa shape index (κ3) is 4.23. The molecule has 2 aromatic rings. The van der Waals surface area contributed by atoms with Crippen LogP contribution in [0.4, 0.5) is 5.69 Å². The van der Waals surface area contributed by atoms with Crippen LogP contribution in [0.25, 0.3) is 0 Å². The molecular formula is C17H18N2O5S. The van der Waals surface area contributed by atoms with Crippen molar-refractivity contribution in [3.8, 4) is 0 Å². The van der Waals surface area contributed by atoms with Gasteiger partial charge in [-0.05, 0) is 42.8 Å². The molecule has 0 aliphatic carbocycles. The number of hydrogen-bond acceptors (Lipinski definition) is 5. The molecule has 25 heavy (non-hydrogen) atoms. The van der Waals surface area contributed by atoms with E-state index < -0.39 is 22.4 Å². The fourth-order valence-electron chi connectivity index (χ4n) is 2.47. The van der Waals surface area contributed by atoms with Crippen molar-refractivity contribution >= 4 is 21.6 Å². The van der Waals surface area contributed by atoms with Gasteiger partial charge in [-0.3, -0.25) is 4.79 Å². The molecule has 8 heteroatoms. The van der Waals surface area contributed by atoms with E-state index in [1.54, 1.807) is 24.3 Å². The van der Waals surface area contributed by atoms with Gasteiger partial charge in [0, 0.05) is 11.3 Å². The highest BCUT2D eigenvalue weighted by Crippen LogP contribution is 2.18. The molecule has 2 aromatic carbocycles. The van der Waals surface area contributed by atoms with Crippen molar-refractivity contribution in [3.63, 3.8) is 0 Å². The fraction of sp³-hybridized carbons (Fsp3) is 0.235. The van der Waals surface area contributed by atoms with Gasteiger partial charge in [-0.15, -0.1) is 0 Å². The fourth-order valence-corrected chi connectivity index (χ4v) is 3.73. The summed E-state index contributed by atoms with van der Waals surface area (Å²) in [5.41, 5.74) is 0.994. The van der Waals surface area contributed by atoms with E-state index in [0.717, 1.165) is 0 Å². The van der Waals surface area contributed by atoms with Gasteiger partial charge >= 0.3 is 0 Å². The molecule has 1 amide bonds. The lowest BCUT2D eigenvalue weighted by Crippen LogP contribution is -2.40. The zero-order valence-electron chi connectivity index (χ0n) is 13.3. The quantitative estimate of drug-likeness (QED) is 0.744. The van der Waals surface area contributed by atoms with Crippen molar-refractivity contribution in [2.75, 3.05) is 11.9 Å². The predicted octanol–water partition coefficient (Wildman–Crippen LogP) is 1.32. The molecular weight excluding hydrogens is 344 g/mol. The van der Waals surface area contributed by atoms with Gasteiger partial charge in [0.2, 0.25) is 10.0 Å². The lowest BCUT2D eigenvalue weighted by Gasteiger charge is -2.15.